The Morgan fingerprint density at radius 2 is 1.91 bits per heavy atom. The molecular weight excluding hydrogens is 307 g/mol. The molecule has 7 nitrogen and oxygen atoms in total. The van der Waals surface area contributed by atoms with Crippen LogP contribution < -0.4 is 5.32 Å². The van der Waals surface area contributed by atoms with E-state index in [4.69, 9.17) is 9.84 Å². The van der Waals surface area contributed by atoms with Crippen molar-refractivity contribution in [2.24, 2.45) is 0 Å². The summed E-state index contributed by atoms with van der Waals surface area (Å²) >= 11 is 0. The average molecular weight is 324 g/mol. The molecule has 124 valence electrons. The molecule has 1 aliphatic heterocycles. The first-order valence-corrected chi connectivity index (χ1v) is 7.15. The van der Waals surface area contributed by atoms with Gasteiger partial charge in [0, 0.05) is 25.2 Å². The van der Waals surface area contributed by atoms with Gasteiger partial charge in [0.2, 0.25) is 5.91 Å². The second-order valence-electron chi connectivity index (χ2n) is 5.04. The highest BCUT2D eigenvalue weighted by atomic mass is 19.1. The lowest BCUT2D eigenvalue weighted by molar-refractivity contribution is -0.138. The maximum Gasteiger partial charge on any atom is 0.303 e. The molecule has 1 saturated heterocycles. The van der Waals surface area contributed by atoms with E-state index in [9.17, 15) is 18.8 Å². The lowest BCUT2D eigenvalue weighted by atomic mass is 10.1. The predicted octanol–water partition coefficient (Wildman–Crippen LogP) is 1.10. The summed E-state index contributed by atoms with van der Waals surface area (Å²) in [7, 11) is 0. The largest absolute Gasteiger partial charge is 0.481 e. The summed E-state index contributed by atoms with van der Waals surface area (Å²) in [5, 5.41) is 10.9. The number of amides is 2. The summed E-state index contributed by atoms with van der Waals surface area (Å²) in [5.74, 6) is -2.77. The molecule has 0 aromatic heterocycles. The van der Waals surface area contributed by atoms with Crippen LogP contribution in [0.3, 0.4) is 0 Å². The van der Waals surface area contributed by atoms with Crippen molar-refractivity contribution < 1.29 is 28.6 Å². The lowest BCUT2D eigenvalue weighted by Crippen LogP contribution is -2.41. The number of nitrogens with zero attached hydrogens (tertiary/aromatic N) is 1. The third kappa shape index (κ3) is 4.75. The summed E-state index contributed by atoms with van der Waals surface area (Å²) in [4.78, 5) is 35.6. The number of nitrogens with one attached hydrogen (secondary N) is 1. The van der Waals surface area contributed by atoms with Crippen molar-refractivity contribution >= 4 is 23.5 Å². The van der Waals surface area contributed by atoms with Gasteiger partial charge in [-0.05, 0) is 18.2 Å². The molecule has 0 saturated carbocycles. The number of carbonyl (C=O) groups is 3. The zero-order valence-corrected chi connectivity index (χ0v) is 12.4. The van der Waals surface area contributed by atoms with Crippen LogP contribution in [0.2, 0.25) is 0 Å². The SMILES string of the molecule is O=C(O)CCC(=O)Nc1ccc(C(=O)N2CCOCC2)c(F)c1. The minimum atomic E-state index is -1.09. The fraction of sp³-hybridized carbons (Fsp3) is 0.400. The molecule has 1 fully saturated rings. The Hall–Kier alpha value is -2.48. The van der Waals surface area contributed by atoms with Crippen molar-refractivity contribution in [3.63, 3.8) is 0 Å². The van der Waals surface area contributed by atoms with E-state index in [1.165, 1.54) is 17.0 Å². The first-order valence-electron chi connectivity index (χ1n) is 7.15. The number of carboxylic acids is 1. The Bertz CT molecular complexity index is 614. The summed E-state index contributed by atoms with van der Waals surface area (Å²) in [6, 6.07) is 3.77. The minimum Gasteiger partial charge on any atom is -0.481 e. The lowest BCUT2D eigenvalue weighted by Gasteiger charge is -2.27. The number of aliphatic carboxylic acids is 1. The fourth-order valence-electron chi connectivity index (χ4n) is 2.15. The molecular formula is C15H17FN2O5. The Labute approximate surface area is 132 Å². The van der Waals surface area contributed by atoms with E-state index in [0.29, 0.717) is 26.3 Å². The van der Waals surface area contributed by atoms with Gasteiger partial charge in [-0.2, -0.15) is 0 Å². The monoisotopic (exact) mass is 324 g/mol. The van der Waals surface area contributed by atoms with Crippen molar-refractivity contribution in [1.82, 2.24) is 4.90 Å². The smallest absolute Gasteiger partial charge is 0.303 e. The van der Waals surface area contributed by atoms with Gasteiger partial charge in [-0.15, -0.1) is 0 Å². The van der Waals surface area contributed by atoms with E-state index in [1.807, 2.05) is 0 Å². The van der Waals surface area contributed by atoms with Gasteiger partial charge in [-0.25, -0.2) is 4.39 Å². The van der Waals surface area contributed by atoms with Crippen LogP contribution in [0.1, 0.15) is 23.2 Å². The highest BCUT2D eigenvalue weighted by Gasteiger charge is 2.21. The number of morpholine rings is 1. The van der Waals surface area contributed by atoms with Crippen molar-refractivity contribution in [2.45, 2.75) is 12.8 Å². The molecule has 2 N–H and O–H groups in total. The first kappa shape index (κ1) is 16.9. The van der Waals surface area contributed by atoms with Crippen LogP contribution in [-0.2, 0) is 14.3 Å². The van der Waals surface area contributed by atoms with E-state index in [2.05, 4.69) is 5.32 Å². The predicted molar refractivity (Wildman–Crippen MR) is 78.6 cm³/mol. The van der Waals surface area contributed by atoms with E-state index < -0.39 is 23.6 Å². The zero-order valence-electron chi connectivity index (χ0n) is 12.4. The molecule has 0 atom stereocenters. The van der Waals surface area contributed by atoms with Crippen molar-refractivity contribution in [3.05, 3.63) is 29.6 Å². The van der Waals surface area contributed by atoms with Crippen molar-refractivity contribution in [1.29, 1.82) is 0 Å². The minimum absolute atomic E-state index is 0.0737. The first-order chi connectivity index (χ1) is 11.0. The number of ether oxygens (including phenoxy) is 1. The number of anilines is 1. The summed E-state index contributed by atoms with van der Waals surface area (Å²) < 4.78 is 19.2. The van der Waals surface area contributed by atoms with Gasteiger partial charge < -0.3 is 20.1 Å². The fourth-order valence-corrected chi connectivity index (χ4v) is 2.15. The number of hydrogen-bond donors (Lipinski definition) is 2. The van der Waals surface area contributed by atoms with Crippen LogP contribution in [0.4, 0.5) is 10.1 Å². The van der Waals surface area contributed by atoms with Gasteiger partial charge in [0.1, 0.15) is 5.82 Å². The van der Waals surface area contributed by atoms with E-state index in [-0.39, 0.29) is 24.1 Å². The number of hydrogen-bond acceptors (Lipinski definition) is 4. The molecule has 0 unspecified atom stereocenters. The van der Waals surface area contributed by atoms with E-state index in [0.717, 1.165) is 6.07 Å². The van der Waals surface area contributed by atoms with Crippen LogP contribution in [0, 0.1) is 5.82 Å². The standard InChI is InChI=1S/C15H17FN2O5/c16-12-9-10(17-13(19)3-4-14(20)21)1-2-11(12)15(22)18-5-7-23-8-6-18/h1-2,9H,3-8H2,(H,17,19)(H,20,21). The van der Waals surface area contributed by atoms with Gasteiger partial charge in [-0.3, -0.25) is 14.4 Å². The molecule has 2 amide bonds. The highest BCUT2D eigenvalue weighted by Crippen LogP contribution is 2.17. The van der Waals surface area contributed by atoms with Crippen LogP contribution in [0.15, 0.2) is 18.2 Å². The molecule has 0 radical (unpaired) electrons. The van der Waals surface area contributed by atoms with Crippen molar-refractivity contribution in [2.75, 3.05) is 31.6 Å². The number of benzene rings is 1. The molecule has 23 heavy (non-hydrogen) atoms. The third-order valence-corrected chi connectivity index (χ3v) is 3.35. The number of halogens is 1. The molecule has 8 heteroatoms. The Balaban J connectivity index is 2.01. The van der Waals surface area contributed by atoms with Gasteiger partial charge in [0.15, 0.2) is 0 Å². The van der Waals surface area contributed by atoms with Crippen LogP contribution in [-0.4, -0.2) is 54.1 Å². The number of rotatable bonds is 5. The molecule has 0 aliphatic carbocycles. The topological polar surface area (TPSA) is 95.9 Å². The molecule has 1 aliphatic rings. The number of carboxylic acid groups (broad SMARTS) is 1. The Kier molecular flexibility index (Phi) is 5.64. The Morgan fingerprint density at radius 3 is 2.52 bits per heavy atom. The molecule has 1 aromatic carbocycles. The maximum absolute atomic E-state index is 14.1. The molecule has 1 aromatic rings. The van der Waals surface area contributed by atoms with Crippen molar-refractivity contribution in [3.8, 4) is 0 Å². The average Bonchev–Trinajstić information content (AvgIpc) is 2.53. The van der Waals surface area contributed by atoms with Gasteiger partial charge >= 0.3 is 5.97 Å². The second-order valence-corrected chi connectivity index (χ2v) is 5.04. The van der Waals surface area contributed by atoms with Crippen LogP contribution in [0.25, 0.3) is 0 Å². The van der Waals surface area contributed by atoms with Crippen LogP contribution in [0.5, 0.6) is 0 Å². The molecule has 0 bridgehead atoms. The Morgan fingerprint density at radius 1 is 1.22 bits per heavy atom. The third-order valence-electron chi connectivity index (χ3n) is 3.35. The normalized spacial score (nSPS) is 14.4. The quantitative estimate of drug-likeness (QED) is 0.845. The molecule has 0 spiro atoms. The van der Waals surface area contributed by atoms with Gasteiger partial charge in [0.05, 0.1) is 25.2 Å². The van der Waals surface area contributed by atoms with E-state index in [1.54, 1.807) is 0 Å². The molecule has 1 heterocycles. The number of carbonyl (C=O) groups excluding carboxylic acids is 2. The summed E-state index contributed by atoms with van der Waals surface area (Å²) in [6.07, 6.45) is -0.507. The second kappa shape index (κ2) is 7.68. The zero-order chi connectivity index (χ0) is 16.8. The maximum atomic E-state index is 14.1. The van der Waals surface area contributed by atoms with Crippen LogP contribution >= 0.6 is 0 Å². The molecule has 2 rings (SSSR count). The summed E-state index contributed by atoms with van der Waals surface area (Å²) in [5.41, 5.74) is 0.104. The van der Waals surface area contributed by atoms with Gasteiger partial charge in [-0.1, -0.05) is 0 Å². The summed E-state index contributed by atoms with van der Waals surface area (Å²) in [6.45, 7) is 1.66. The highest BCUT2D eigenvalue weighted by molar-refractivity contribution is 5.96. The van der Waals surface area contributed by atoms with E-state index >= 15 is 0 Å². The van der Waals surface area contributed by atoms with Gasteiger partial charge in [0.25, 0.3) is 5.91 Å².